The molecule has 3 aliphatic rings. The number of amides is 2. The van der Waals surface area contributed by atoms with Crippen LogP contribution in [0.1, 0.15) is 48.8 Å². The number of fused-ring (bicyclic) bond motifs is 2. The zero-order chi connectivity index (χ0) is 22.5. The molecule has 1 aliphatic carbocycles. The minimum atomic E-state index is -4.47. The Labute approximate surface area is 182 Å². The molecule has 0 saturated heterocycles. The molecule has 2 heterocycles. The van der Waals surface area contributed by atoms with Crippen LogP contribution in [0.4, 0.5) is 24.5 Å². The molecule has 0 unspecified atom stereocenters. The first kappa shape index (κ1) is 20.6. The predicted molar refractivity (Wildman–Crippen MR) is 113 cm³/mol. The van der Waals surface area contributed by atoms with Crippen molar-refractivity contribution < 1.29 is 27.5 Å². The molecule has 32 heavy (non-hydrogen) atoms. The van der Waals surface area contributed by atoms with Gasteiger partial charge < -0.3 is 15.4 Å². The lowest BCUT2D eigenvalue weighted by atomic mass is 9.72. The molecule has 2 amide bonds. The lowest BCUT2D eigenvalue weighted by molar-refractivity contribution is -0.138. The maximum absolute atomic E-state index is 13.2. The van der Waals surface area contributed by atoms with E-state index in [2.05, 4.69) is 10.6 Å². The molecule has 5 nitrogen and oxygen atoms in total. The number of ether oxygens (including phenoxy) is 1. The molecule has 1 saturated carbocycles. The van der Waals surface area contributed by atoms with Crippen molar-refractivity contribution in [2.75, 3.05) is 10.6 Å². The highest BCUT2D eigenvalue weighted by atomic mass is 19.4. The van der Waals surface area contributed by atoms with Crippen molar-refractivity contribution in [2.45, 2.75) is 50.3 Å². The fourth-order valence-electron chi connectivity index (χ4n) is 4.61. The highest BCUT2D eigenvalue weighted by Crippen LogP contribution is 2.50. The summed E-state index contributed by atoms with van der Waals surface area (Å²) < 4.78 is 45.6. The highest BCUT2D eigenvalue weighted by Gasteiger charge is 2.44. The van der Waals surface area contributed by atoms with Crippen LogP contribution in [-0.2, 0) is 22.2 Å². The van der Waals surface area contributed by atoms with Crippen LogP contribution >= 0.6 is 0 Å². The first-order chi connectivity index (χ1) is 15.2. The number of carbonyl (C=O) groups is 2. The van der Waals surface area contributed by atoms with Crippen molar-refractivity contribution in [1.82, 2.24) is 0 Å². The average Bonchev–Trinajstić information content (AvgIpc) is 2.71. The average molecular weight is 442 g/mol. The van der Waals surface area contributed by atoms with Crippen LogP contribution < -0.4 is 15.4 Å². The van der Waals surface area contributed by atoms with Gasteiger partial charge >= 0.3 is 6.18 Å². The van der Waals surface area contributed by atoms with E-state index < -0.39 is 17.3 Å². The van der Waals surface area contributed by atoms with Gasteiger partial charge in [-0.1, -0.05) is 12.1 Å². The lowest BCUT2D eigenvalue weighted by Crippen LogP contribution is -2.45. The minimum Gasteiger partial charge on any atom is -0.486 e. The first-order valence-electron chi connectivity index (χ1n) is 10.6. The van der Waals surface area contributed by atoms with Gasteiger partial charge in [0.05, 0.1) is 5.56 Å². The van der Waals surface area contributed by atoms with Crippen LogP contribution in [-0.4, -0.2) is 17.4 Å². The van der Waals surface area contributed by atoms with Gasteiger partial charge in [0.25, 0.3) is 0 Å². The van der Waals surface area contributed by atoms with Gasteiger partial charge in [-0.15, -0.1) is 0 Å². The summed E-state index contributed by atoms with van der Waals surface area (Å²) >= 11 is 0. The van der Waals surface area contributed by atoms with Gasteiger partial charge in [-0.05, 0) is 61.1 Å². The summed E-state index contributed by atoms with van der Waals surface area (Å²) in [6, 6.07) is 8.72. The zero-order valence-corrected chi connectivity index (χ0v) is 17.1. The van der Waals surface area contributed by atoms with Gasteiger partial charge in [0, 0.05) is 35.9 Å². The number of carbonyl (C=O) groups excluding carboxylic acids is 2. The molecule has 2 aromatic rings. The summed E-state index contributed by atoms with van der Waals surface area (Å²) in [6.07, 6.45) is 0.754. The molecule has 8 heteroatoms. The monoisotopic (exact) mass is 442 g/mol. The summed E-state index contributed by atoms with van der Waals surface area (Å²) in [7, 11) is 0. The smallest absolute Gasteiger partial charge is 0.416 e. The van der Waals surface area contributed by atoms with E-state index in [1.54, 1.807) is 18.2 Å². The largest absolute Gasteiger partial charge is 0.486 e. The molecular formula is C24H21F3N2O3. The van der Waals surface area contributed by atoms with E-state index in [4.69, 9.17) is 4.74 Å². The number of anilines is 2. The quantitative estimate of drug-likeness (QED) is 0.619. The Kier molecular flexibility index (Phi) is 4.76. The van der Waals surface area contributed by atoms with Crippen LogP contribution in [0, 0.1) is 0 Å². The zero-order valence-electron chi connectivity index (χ0n) is 17.1. The number of hydrogen-bond donors (Lipinski definition) is 2. The summed E-state index contributed by atoms with van der Waals surface area (Å²) in [5.41, 5.74) is 2.01. The number of hydrogen-bond acceptors (Lipinski definition) is 3. The van der Waals surface area contributed by atoms with E-state index in [1.165, 1.54) is 12.1 Å². The second kappa shape index (κ2) is 7.39. The Morgan fingerprint density at radius 2 is 1.97 bits per heavy atom. The fourth-order valence-corrected chi connectivity index (χ4v) is 4.61. The molecule has 0 bridgehead atoms. The third-order valence-electron chi connectivity index (χ3n) is 6.37. The van der Waals surface area contributed by atoms with Crippen molar-refractivity contribution in [3.05, 3.63) is 59.2 Å². The second-order valence-corrected chi connectivity index (χ2v) is 8.56. The first-order valence-corrected chi connectivity index (χ1v) is 10.6. The van der Waals surface area contributed by atoms with Crippen molar-refractivity contribution in [2.24, 2.45) is 0 Å². The Balaban J connectivity index is 1.46. The van der Waals surface area contributed by atoms with Gasteiger partial charge in [0.1, 0.15) is 11.4 Å². The van der Waals surface area contributed by atoms with Crippen LogP contribution in [0.15, 0.2) is 42.5 Å². The summed E-state index contributed by atoms with van der Waals surface area (Å²) in [4.78, 5) is 24.5. The Morgan fingerprint density at radius 3 is 2.69 bits per heavy atom. The molecule has 0 atom stereocenters. The van der Waals surface area contributed by atoms with Gasteiger partial charge in [0.2, 0.25) is 11.8 Å². The number of benzene rings is 2. The van der Waals surface area contributed by atoms with Crippen molar-refractivity contribution in [3.63, 3.8) is 0 Å². The number of halogens is 3. The standard InChI is InChI=1S/C24H21F3N2O3/c25-24(26,27)15-5-6-16-14(13-23(9-2-10-23)32-20(16)12-15)11-22(31)29-19-4-1-3-18-17(19)7-8-21(30)28-18/h1,3-6,11-12H,2,7-10,13H2,(H,28,30)(H,29,31). The van der Waals surface area contributed by atoms with Crippen molar-refractivity contribution in [1.29, 1.82) is 0 Å². The third kappa shape index (κ3) is 3.74. The molecule has 5 rings (SSSR count). The van der Waals surface area contributed by atoms with Crippen molar-refractivity contribution in [3.8, 4) is 5.75 Å². The van der Waals surface area contributed by atoms with Gasteiger partial charge in [0.15, 0.2) is 0 Å². The van der Waals surface area contributed by atoms with E-state index in [0.29, 0.717) is 41.8 Å². The fraction of sp³-hybridized carbons (Fsp3) is 0.333. The van der Waals surface area contributed by atoms with E-state index in [-0.39, 0.29) is 17.6 Å². The molecular weight excluding hydrogens is 421 g/mol. The summed E-state index contributed by atoms with van der Waals surface area (Å²) in [5, 5.41) is 5.67. The summed E-state index contributed by atoms with van der Waals surface area (Å²) in [5.74, 6) is -0.261. The topological polar surface area (TPSA) is 67.4 Å². The molecule has 2 aliphatic heterocycles. The van der Waals surface area contributed by atoms with Crippen LogP contribution in [0.25, 0.3) is 5.57 Å². The number of nitrogens with one attached hydrogen (secondary N) is 2. The predicted octanol–water partition coefficient (Wildman–Crippen LogP) is 5.32. The number of alkyl halides is 3. The molecule has 1 fully saturated rings. The highest BCUT2D eigenvalue weighted by molar-refractivity contribution is 6.06. The van der Waals surface area contributed by atoms with E-state index in [0.717, 1.165) is 37.0 Å². The van der Waals surface area contributed by atoms with E-state index in [1.807, 2.05) is 0 Å². The normalized spacial score (nSPS) is 20.0. The van der Waals surface area contributed by atoms with Crippen molar-refractivity contribution >= 4 is 28.8 Å². The van der Waals surface area contributed by atoms with Crippen LogP contribution in [0.2, 0.25) is 0 Å². The third-order valence-corrected chi connectivity index (χ3v) is 6.37. The Hall–Kier alpha value is -3.29. The molecule has 2 N–H and O–H groups in total. The molecule has 166 valence electrons. The minimum absolute atomic E-state index is 0.0640. The SMILES string of the molecule is O=C(C=C1CC2(CCC2)Oc2cc(C(F)(F)F)ccc21)Nc1cccc2c1CCC(=O)N2. The van der Waals surface area contributed by atoms with Crippen LogP contribution in [0.3, 0.4) is 0 Å². The molecule has 0 aromatic heterocycles. The van der Waals surface area contributed by atoms with E-state index >= 15 is 0 Å². The Bertz CT molecular complexity index is 1150. The second-order valence-electron chi connectivity index (χ2n) is 8.56. The van der Waals surface area contributed by atoms with Gasteiger partial charge in [-0.3, -0.25) is 9.59 Å². The van der Waals surface area contributed by atoms with Crippen LogP contribution in [0.5, 0.6) is 5.75 Å². The van der Waals surface area contributed by atoms with Gasteiger partial charge in [-0.25, -0.2) is 0 Å². The molecule has 1 spiro atoms. The maximum atomic E-state index is 13.2. The lowest BCUT2D eigenvalue weighted by Gasteiger charge is -2.46. The van der Waals surface area contributed by atoms with Gasteiger partial charge in [-0.2, -0.15) is 13.2 Å². The molecule has 2 aromatic carbocycles. The van der Waals surface area contributed by atoms with E-state index in [9.17, 15) is 22.8 Å². The maximum Gasteiger partial charge on any atom is 0.416 e. The Morgan fingerprint density at radius 1 is 1.16 bits per heavy atom. The summed E-state index contributed by atoms with van der Waals surface area (Å²) in [6.45, 7) is 0. The molecule has 0 radical (unpaired) electrons. The number of rotatable bonds is 2.